The Morgan fingerprint density at radius 3 is 2.19 bits per heavy atom. The van der Waals surface area contributed by atoms with Gasteiger partial charge in [-0.2, -0.15) is 13.2 Å². The zero-order chi connectivity index (χ0) is 19.6. The summed E-state index contributed by atoms with van der Waals surface area (Å²) in [5, 5.41) is 0. The molecule has 26 heavy (non-hydrogen) atoms. The fourth-order valence-electron chi connectivity index (χ4n) is 3.29. The average Bonchev–Trinajstić information content (AvgIpc) is 2.84. The monoisotopic (exact) mass is 366 g/mol. The summed E-state index contributed by atoms with van der Waals surface area (Å²) in [4.78, 5) is 12.1. The van der Waals surface area contributed by atoms with Crippen molar-refractivity contribution in [1.82, 2.24) is 4.57 Å². The van der Waals surface area contributed by atoms with Gasteiger partial charge in [0.15, 0.2) is 0 Å². The summed E-state index contributed by atoms with van der Waals surface area (Å²) >= 11 is 0. The quantitative estimate of drug-likeness (QED) is 0.751. The molecule has 0 bridgehead atoms. The molecule has 0 atom stereocenters. The lowest BCUT2D eigenvalue weighted by Crippen LogP contribution is -2.14. The van der Waals surface area contributed by atoms with Crippen molar-refractivity contribution in [3.63, 3.8) is 0 Å². The maximum atomic E-state index is 12.8. The van der Waals surface area contributed by atoms with E-state index in [0.717, 1.165) is 36.5 Å². The standard InChI is InChI=1S/C20H25F3N2O/c1-5-16-18(14-6-8-15(9-7-14)20(21,22)23)17(19(24)26)13(4)25(16)11-10-12(2)3/h6-9,12H,5,10-11H2,1-4H3,(H2,24,26). The van der Waals surface area contributed by atoms with Crippen LogP contribution in [-0.4, -0.2) is 10.5 Å². The van der Waals surface area contributed by atoms with Gasteiger partial charge in [-0.05, 0) is 43.4 Å². The number of rotatable bonds is 6. The summed E-state index contributed by atoms with van der Waals surface area (Å²) in [6, 6.07) is 4.91. The van der Waals surface area contributed by atoms with E-state index in [4.69, 9.17) is 5.73 Å². The number of aromatic nitrogens is 1. The van der Waals surface area contributed by atoms with Crippen molar-refractivity contribution >= 4 is 5.91 Å². The Morgan fingerprint density at radius 2 is 1.77 bits per heavy atom. The van der Waals surface area contributed by atoms with Crippen LogP contribution in [0.15, 0.2) is 24.3 Å². The maximum absolute atomic E-state index is 12.8. The Morgan fingerprint density at radius 1 is 1.19 bits per heavy atom. The Kier molecular flexibility index (Phi) is 5.84. The molecule has 0 unspecified atom stereocenters. The van der Waals surface area contributed by atoms with Gasteiger partial charge in [0.1, 0.15) is 0 Å². The zero-order valence-electron chi connectivity index (χ0n) is 15.6. The van der Waals surface area contributed by atoms with E-state index in [-0.39, 0.29) is 0 Å². The van der Waals surface area contributed by atoms with Crippen molar-refractivity contribution in [2.75, 3.05) is 0 Å². The molecule has 0 fully saturated rings. The van der Waals surface area contributed by atoms with Crippen LogP contribution in [0.3, 0.4) is 0 Å². The van der Waals surface area contributed by atoms with E-state index in [9.17, 15) is 18.0 Å². The zero-order valence-corrected chi connectivity index (χ0v) is 15.6. The molecular formula is C20H25F3N2O. The molecule has 0 aliphatic carbocycles. The van der Waals surface area contributed by atoms with Crippen LogP contribution in [0, 0.1) is 12.8 Å². The SMILES string of the molecule is CCc1c(-c2ccc(C(F)(F)F)cc2)c(C(N)=O)c(C)n1CCC(C)C. The molecule has 3 nitrogen and oxygen atoms in total. The van der Waals surface area contributed by atoms with E-state index in [0.29, 0.717) is 29.0 Å². The van der Waals surface area contributed by atoms with Crippen LogP contribution >= 0.6 is 0 Å². The molecule has 1 heterocycles. The molecular weight excluding hydrogens is 341 g/mol. The van der Waals surface area contributed by atoms with Crippen molar-refractivity contribution in [2.24, 2.45) is 11.7 Å². The van der Waals surface area contributed by atoms with Gasteiger partial charge in [0.2, 0.25) is 0 Å². The lowest BCUT2D eigenvalue weighted by atomic mass is 9.97. The van der Waals surface area contributed by atoms with Gasteiger partial charge in [0, 0.05) is 23.5 Å². The lowest BCUT2D eigenvalue weighted by molar-refractivity contribution is -0.137. The van der Waals surface area contributed by atoms with E-state index >= 15 is 0 Å². The van der Waals surface area contributed by atoms with E-state index in [2.05, 4.69) is 18.4 Å². The lowest BCUT2D eigenvalue weighted by Gasteiger charge is -2.13. The van der Waals surface area contributed by atoms with E-state index < -0.39 is 17.6 Å². The van der Waals surface area contributed by atoms with Crippen LogP contribution in [0.2, 0.25) is 0 Å². The van der Waals surface area contributed by atoms with Gasteiger partial charge in [-0.25, -0.2) is 0 Å². The summed E-state index contributed by atoms with van der Waals surface area (Å²) < 4.78 is 40.6. The van der Waals surface area contributed by atoms with Crippen LogP contribution in [-0.2, 0) is 19.1 Å². The van der Waals surface area contributed by atoms with Crippen molar-refractivity contribution < 1.29 is 18.0 Å². The molecule has 0 aliphatic rings. The predicted molar refractivity (Wildman–Crippen MR) is 97.0 cm³/mol. The molecule has 0 saturated heterocycles. The van der Waals surface area contributed by atoms with Gasteiger partial charge in [0.05, 0.1) is 11.1 Å². The third-order valence-electron chi connectivity index (χ3n) is 4.64. The number of amides is 1. The van der Waals surface area contributed by atoms with E-state index in [1.54, 1.807) is 0 Å². The molecule has 2 aromatic rings. The van der Waals surface area contributed by atoms with Crippen molar-refractivity contribution in [3.8, 4) is 11.1 Å². The minimum Gasteiger partial charge on any atom is -0.366 e. The molecule has 0 spiro atoms. The van der Waals surface area contributed by atoms with Crippen molar-refractivity contribution in [3.05, 3.63) is 46.8 Å². The predicted octanol–water partition coefficient (Wildman–Crippen LogP) is 5.19. The van der Waals surface area contributed by atoms with Crippen LogP contribution in [0.1, 0.15) is 54.5 Å². The van der Waals surface area contributed by atoms with Gasteiger partial charge in [-0.1, -0.05) is 32.9 Å². The molecule has 1 aromatic carbocycles. The number of nitrogens with zero attached hydrogens (tertiary/aromatic N) is 1. The summed E-state index contributed by atoms with van der Waals surface area (Å²) in [6.45, 7) is 8.80. The number of halogens is 3. The molecule has 2 rings (SSSR count). The number of hydrogen-bond acceptors (Lipinski definition) is 1. The van der Waals surface area contributed by atoms with Crippen LogP contribution in [0.5, 0.6) is 0 Å². The van der Waals surface area contributed by atoms with Gasteiger partial charge < -0.3 is 10.3 Å². The Hall–Kier alpha value is -2.24. The average molecular weight is 366 g/mol. The number of benzene rings is 1. The molecule has 6 heteroatoms. The first-order valence-corrected chi connectivity index (χ1v) is 8.77. The molecule has 0 saturated carbocycles. The minimum absolute atomic E-state index is 0.394. The first kappa shape index (κ1) is 20.1. The topological polar surface area (TPSA) is 48.0 Å². The number of primary amides is 1. The second kappa shape index (κ2) is 7.56. The third kappa shape index (κ3) is 3.94. The van der Waals surface area contributed by atoms with E-state index in [1.807, 2.05) is 13.8 Å². The molecule has 142 valence electrons. The van der Waals surface area contributed by atoms with Gasteiger partial charge in [-0.15, -0.1) is 0 Å². The Labute approximate surface area is 152 Å². The number of carbonyl (C=O) groups excluding carboxylic acids is 1. The highest BCUT2D eigenvalue weighted by molar-refractivity contribution is 6.02. The smallest absolute Gasteiger partial charge is 0.366 e. The number of hydrogen-bond donors (Lipinski definition) is 1. The van der Waals surface area contributed by atoms with Gasteiger partial charge in [-0.3, -0.25) is 4.79 Å². The minimum atomic E-state index is -4.39. The third-order valence-corrected chi connectivity index (χ3v) is 4.64. The highest BCUT2D eigenvalue weighted by atomic mass is 19.4. The highest BCUT2D eigenvalue weighted by Gasteiger charge is 2.31. The second-order valence-electron chi connectivity index (χ2n) is 6.91. The largest absolute Gasteiger partial charge is 0.416 e. The number of alkyl halides is 3. The van der Waals surface area contributed by atoms with Crippen molar-refractivity contribution in [2.45, 2.75) is 53.3 Å². The fourth-order valence-corrected chi connectivity index (χ4v) is 3.29. The molecule has 0 radical (unpaired) electrons. The number of carbonyl (C=O) groups is 1. The first-order chi connectivity index (χ1) is 12.1. The molecule has 1 amide bonds. The van der Waals surface area contributed by atoms with Crippen LogP contribution in [0.25, 0.3) is 11.1 Å². The molecule has 1 aromatic heterocycles. The Bertz CT molecular complexity index is 787. The highest BCUT2D eigenvalue weighted by Crippen LogP contribution is 2.36. The van der Waals surface area contributed by atoms with Crippen LogP contribution < -0.4 is 5.73 Å². The summed E-state index contributed by atoms with van der Waals surface area (Å²) in [5.41, 5.74) is 8.22. The summed E-state index contributed by atoms with van der Waals surface area (Å²) in [5.74, 6) is -0.0663. The van der Waals surface area contributed by atoms with Gasteiger partial charge in [0.25, 0.3) is 5.91 Å². The fraction of sp³-hybridized carbons (Fsp3) is 0.450. The normalized spacial score (nSPS) is 12.0. The first-order valence-electron chi connectivity index (χ1n) is 8.77. The summed E-state index contributed by atoms with van der Waals surface area (Å²) in [7, 11) is 0. The summed E-state index contributed by atoms with van der Waals surface area (Å²) in [6.07, 6.45) is -2.80. The van der Waals surface area contributed by atoms with Crippen molar-refractivity contribution in [1.29, 1.82) is 0 Å². The number of nitrogens with two attached hydrogens (primary N) is 1. The van der Waals surface area contributed by atoms with E-state index in [1.165, 1.54) is 12.1 Å². The maximum Gasteiger partial charge on any atom is 0.416 e. The van der Waals surface area contributed by atoms with Gasteiger partial charge >= 0.3 is 6.18 Å². The molecule has 0 aliphatic heterocycles. The Balaban J connectivity index is 2.63. The van der Waals surface area contributed by atoms with Crippen LogP contribution in [0.4, 0.5) is 13.2 Å². The second-order valence-corrected chi connectivity index (χ2v) is 6.91. The molecule has 2 N–H and O–H groups in total.